The molecule has 0 bridgehead atoms. The van der Waals surface area contributed by atoms with Crippen LogP contribution in [-0.4, -0.2) is 30.5 Å². The van der Waals surface area contributed by atoms with Crippen LogP contribution in [-0.2, 0) is 11.2 Å². The van der Waals surface area contributed by atoms with Crippen molar-refractivity contribution in [3.63, 3.8) is 0 Å². The van der Waals surface area contributed by atoms with Crippen LogP contribution in [0.15, 0.2) is 24.3 Å². The summed E-state index contributed by atoms with van der Waals surface area (Å²) in [4.78, 5) is 0. The fraction of sp³-hybridized carbons (Fsp3) is 0.667. The van der Waals surface area contributed by atoms with Crippen molar-refractivity contribution in [2.24, 2.45) is 0 Å². The molecule has 1 aromatic carbocycles. The summed E-state index contributed by atoms with van der Waals surface area (Å²) in [6, 6.07) is 9.05. The molecule has 116 valence electrons. The maximum Gasteiger partial charge on any atom is 0.0898 e. The van der Waals surface area contributed by atoms with Gasteiger partial charge in [0.1, 0.15) is 0 Å². The van der Waals surface area contributed by atoms with Gasteiger partial charge < -0.3 is 15.2 Å². The summed E-state index contributed by atoms with van der Waals surface area (Å²) >= 11 is 0. The first-order chi connectivity index (χ1) is 10.3. The van der Waals surface area contributed by atoms with Crippen LogP contribution < -0.4 is 5.32 Å². The summed E-state index contributed by atoms with van der Waals surface area (Å²) in [6.07, 6.45) is 8.43. The number of hydrogen-bond acceptors (Lipinski definition) is 3. The molecule has 2 atom stereocenters. The van der Waals surface area contributed by atoms with Gasteiger partial charge in [-0.25, -0.2) is 0 Å². The van der Waals surface area contributed by atoms with Crippen LogP contribution in [0.25, 0.3) is 0 Å². The Hall–Kier alpha value is -0.900. The van der Waals surface area contributed by atoms with Gasteiger partial charge >= 0.3 is 0 Å². The van der Waals surface area contributed by atoms with Gasteiger partial charge in [0, 0.05) is 12.6 Å². The Labute approximate surface area is 127 Å². The summed E-state index contributed by atoms with van der Waals surface area (Å²) in [5, 5.41) is 13.6. The molecule has 0 saturated heterocycles. The Morgan fingerprint density at radius 2 is 1.95 bits per heavy atom. The van der Waals surface area contributed by atoms with Crippen molar-refractivity contribution < 1.29 is 9.84 Å². The molecule has 3 heteroatoms. The topological polar surface area (TPSA) is 41.5 Å². The van der Waals surface area contributed by atoms with E-state index in [9.17, 15) is 5.11 Å². The third kappa shape index (κ3) is 4.06. The predicted octanol–water partition coefficient (Wildman–Crippen LogP) is 2.97. The minimum absolute atomic E-state index is 0.384. The molecule has 2 N–H and O–H groups in total. The van der Waals surface area contributed by atoms with Crippen LogP contribution in [0.3, 0.4) is 0 Å². The fourth-order valence-electron chi connectivity index (χ4n) is 3.61. The second kappa shape index (κ2) is 7.39. The smallest absolute Gasteiger partial charge is 0.0898 e. The van der Waals surface area contributed by atoms with Crippen molar-refractivity contribution in [1.29, 1.82) is 0 Å². The van der Waals surface area contributed by atoms with Crippen molar-refractivity contribution in [1.82, 2.24) is 5.32 Å². The van der Waals surface area contributed by atoms with Crippen LogP contribution in [0.5, 0.6) is 0 Å². The lowest BCUT2D eigenvalue weighted by Gasteiger charge is -2.27. The second-order valence-electron chi connectivity index (χ2n) is 6.45. The van der Waals surface area contributed by atoms with Crippen LogP contribution in [0.2, 0.25) is 0 Å². The molecule has 1 aromatic rings. The SMILES string of the molecule is OC(CNC1CCCc2ccccc21)COC1CCCC1. The first kappa shape index (κ1) is 15.0. The Morgan fingerprint density at radius 3 is 2.81 bits per heavy atom. The van der Waals surface area contributed by atoms with Crippen molar-refractivity contribution in [3.05, 3.63) is 35.4 Å². The molecular weight excluding hydrogens is 262 g/mol. The van der Waals surface area contributed by atoms with Crippen molar-refractivity contribution >= 4 is 0 Å². The zero-order chi connectivity index (χ0) is 14.5. The molecule has 0 aliphatic heterocycles. The first-order valence-corrected chi connectivity index (χ1v) is 8.44. The minimum Gasteiger partial charge on any atom is -0.389 e. The molecule has 3 nitrogen and oxygen atoms in total. The highest BCUT2D eigenvalue weighted by Crippen LogP contribution is 2.29. The van der Waals surface area contributed by atoms with E-state index < -0.39 is 6.10 Å². The zero-order valence-corrected chi connectivity index (χ0v) is 12.8. The fourth-order valence-corrected chi connectivity index (χ4v) is 3.61. The van der Waals surface area contributed by atoms with E-state index in [1.807, 2.05) is 0 Å². The van der Waals surface area contributed by atoms with Crippen LogP contribution in [0, 0.1) is 0 Å². The van der Waals surface area contributed by atoms with E-state index in [2.05, 4.69) is 29.6 Å². The van der Waals surface area contributed by atoms with Gasteiger partial charge in [-0.3, -0.25) is 0 Å². The number of aryl methyl sites for hydroxylation is 1. The van der Waals surface area contributed by atoms with E-state index in [1.165, 1.54) is 36.8 Å². The number of hydrogen-bond donors (Lipinski definition) is 2. The number of aliphatic hydroxyl groups excluding tert-OH is 1. The largest absolute Gasteiger partial charge is 0.389 e. The van der Waals surface area contributed by atoms with Crippen molar-refractivity contribution in [3.8, 4) is 0 Å². The van der Waals surface area contributed by atoms with Crippen molar-refractivity contribution in [2.45, 2.75) is 63.2 Å². The Bertz CT molecular complexity index is 443. The van der Waals surface area contributed by atoms with Gasteiger partial charge in [-0.05, 0) is 43.2 Å². The highest BCUT2D eigenvalue weighted by molar-refractivity contribution is 5.32. The van der Waals surface area contributed by atoms with Gasteiger partial charge in [0.25, 0.3) is 0 Å². The van der Waals surface area contributed by atoms with E-state index in [0.29, 0.717) is 25.3 Å². The summed E-state index contributed by atoms with van der Waals surface area (Å²) in [6.45, 7) is 1.08. The van der Waals surface area contributed by atoms with E-state index in [-0.39, 0.29) is 0 Å². The second-order valence-corrected chi connectivity index (χ2v) is 6.45. The van der Waals surface area contributed by atoms with Gasteiger partial charge in [0.05, 0.1) is 18.8 Å². The third-order valence-corrected chi connectivity index (χ3v) is 4.80. The molecule has 0 radical (unpaired) electrons. The lowest BCUT2D eigenvalue weighted by Crippen LogP contribution is -2.35. The summed E-state index contributed by atoms with van der Waals surface area (Å²) in [5.41, 5.74) is 2.87. The standard InChI is InChI=1S/C18H27NO2/c20-15(13-21-16-8-2-3-9-16)12-19-18-11-5-7-14-6-1-4-10-17(14)18/h1,4,6,10,15-16,18-20H,2-3,5,7-9,11-13H2. The maximum atomic E-state index is 10.1. The average molecular weight is 289 g/mol. The lowest BCUT2D eigenvalue weighted by atomic mass is 9.88. The summed E-state index contributed by atoms with van der Waals surface area (Å²) in [5.74, 6) is 0. The molecule has 0 heterocycles. The summed E-state index contributed by atoms with van der Waals surface area (Å²) in [7, 11) is 0. The number of nitrogens with one attached hydrogen (secondary N) is 1. The average Bonchev–Trinajstić information content (AvgIpc) is 3.04. The van der Waals surface area contributed by atoms with Gasteiger partial charge in [-0.1, -0.05) is 37.1 Å². The van der Waals surface area contributed by atoms with Crippen LogP contribution >= 0.6 is 0 Å². The van der Waals surface area contributed by atoms with Crippen LogP contribution in [0.1, 0.15) is 55.7 Å². The minimum atomic E-state index is -0.403. The quantitative estimate of drug-likeness (QED) is 0.846. The third-order valence-electron chi connectivity index (χ3n) is 4.80. The maximum absolute atomic E-state index is 10.1. The molecule has 0 amide bonds. The van der Waals surface area contributed by atoms with Gasteiger partial charge in [0.15, 0.2) is 0 Å². The molecule has 3 rings (SSSR count). The molecule has 0 aromatic heterocycles. The van der Waals surface area contributed by atoms with Gasteiger partial charge in [-0.2, -0.15) is 0 Å². The number of ether oxygens (including phenoxy) is 1. The normalized spacial score (nSPS) is 24.0. The number of benzene rings is 1. The number of aliphatic hydroxyl groups is 1. The zero-order valence-electron chi connectivity index (χ0n) is 12.8. The molecular formula is C18H27NO2. The van der Waals surface area contributed by atoms with Gasteiger partial charge in [0.2, 0.25) is 0 Å². The molecule has 1 saturated carbocycles. The molecule has 2 unspecified atom stereocenters. The molecule has 1 fully saturated rings. The highest BCUT2D eigenvalue weighted by atomic mass is 16.5. The number of fused-ring (bicyclic) bond motifs is 1. The van der Waals surface area contributed by atoms with E-state index in [0.717, 1.165) is 19.3 Å². The molecule has 0 spiro atoms. The van der Waals surface area contributed by atoms with E-state index in [1.54, 1.807) is 0 Å². The molecule has 2 aliphatic rings. The monoisotopic (exact) mass is 289 g/mol. The number of rotatable bonds is 6. The predicted molar refractivity (Wildman–Crippen MR) is 84.3 cm³/mol. The first-order valence-electron chi connectivity index (χ1n) is 8.44. The van der Waals surface area contributed by atoms with Crippen LogP contribution in [0.4, 0.5) is 0 Å². The molecule has 21 heavy (non-hydrogen) atoms. The van der Waals surface area contributed by atoms with E-state index in [4.69, 9.17) is 4.74 Å². The highest BCUT2D eigenvalue weighted by Gasteiger charge is 2.21. The van der Waals surface area contributed by atoms with Crippen molar-refractivity contribution in [2.75, 3.05) is 13.2 Å². The van der Waals surface area contributed by atoms with Gasteiger partial charge in [-0.15, -0.1) is 0 Å². The molecule has 2 aliphatic carbocycles. The Morgan fingerprint density at radius 1 is 1.14 bits per heavy atom. The Balaban J connectivity index is 1.44. The lowest BCUT2D eigenvalue weighted by molar-refractivity contribution is -0.00641. The Kier molecular flexibility index (Phi) is 5.28. The van der Waals surface area contributed by atoms with E-state index >= 15 is 0 Å². The summed E-state index contributed by atoms with van der Waals surface area (Å²) < 4.78 is 5.78.